The molecule has 1 aromatic rings. The summed E-state index contributed by atoms with van der Waals surface area (Å²) in [7, 11) is 0. The number of thioether (sulfide) groups is 1. The van der Waals surface area contributed by atoms with Crippen molar-refractivity contribution in [3.63, 3.8) is 0 Å². The minimum absolute atomic E-state index is 0.204. The maximum atomic E-state index is 6.35. The topological polar surface area (TPSA) is 26.0 Å². The summed E-state index contributed by atoms with van der Waals surface area (Å²) < 4.78 is 0. The summed E-state index contributed by atoms with van der Waals surface area (Å²) in [6.07, 6.45) is 11.7. The van der Waals surface area contributed by atoms with Gasteiger partial charge in [-0.2, -0.15) is 11.8 Å². The van der Waals surface area contributed by atoms with Gasteiger partial charge in [-0.15, -0.1) is 6.58 Å². The minimum atomic E-state index is 0.204. The molecule has 1 atom stereocenters. The summed E-state index contributed by atoms with van der Waals surface area (Å²) in [5.74, 6) is 2.27. The van der Waals surface area contributed by atoms with Gasteiger partial charge in [0.1, 0.15) is 0 Å². The Bertz CT molecular complexity index is 658. The van der Waals surface area contributed by atoms with Crippen LogP contribution in [0, 0.1) is 0 Å². The second-order valence-corrected chi connectivity index (χ2v) is 7.61. The van der Waals surface area contributed by atoms with Crippen LogP contribution in [0.25, 0.3) is 0 Å². The quantitative estimate of drug-likeness (QED) is 0.556. The molecular formula is C21H26ClNS. The van der Waals surface area contributed by atoms with Crippen molar-refractivity contribution in [2.45, 2.75) is 32.1 Å². The SMILES string of the molecule is C=CC(C/C(N)=C(\C)CSCC1=CC=CCC1)c1cccc(Cl)c1. The first-order valence-electron chi connectivity index (χ1n) is 8.34. The van der Waals surface area contributed by atoms with E-state index in [0.717, 1.165) is 28.6 Å². The van der Waals surface area contributed by atoms with E-state index in [9.17, 15) is 0 Å². The fourth-order valence-corrected chi connectivity index (χ4v) is 3.98. The van der Waals surface area contributed by atoms with Gasteiger partial charge in [0.2, 0.25) is 0 Å². The van der Waals surface area contributed by atoms with E-state index >= 15 is 0 Å². The summed E-state index contributed by atoms with van der Waals surface area (Å²) in [5.41, 5.74) is 11.3. The first kappa shape index (κ1) is 19.0. The van der Waals surface area contributed by atoms with Gasteiger partial charge in [-0.05, 0) is 49.5 Å². The summed E-state index contributed by atoms with van der Waals surface area (Å²) in [5, 5.41) is 0.754. The van der Waals surface area contributed by atoms with E-state index < -0.39 is 0 Å². The number of halogens is 1. The van der Waals surface area contributed by atoms with Crippen LogP contribution >= 0.6 is 23.4 Å². The van der Waals surface area contributed by atoms with Crippen LogP contribution in [0.4, 0.5) is 0 Å². The van der Waals surface area contributed by atoms with Gasteiger partial charge in [0.25, 0.3) is 0 Å². The Kier molecular flexibility index (Phi) is 7.74. The lowest BCUT2D eigenvalue weighted by Crippen LogP contribution is -2.08. The van der Waals surface area contributed by atoms with Crippen LogP contribution in [0.15, 0.2) is 72.0 Å². The van der Waals surface area contributed by atoms with Crippen LogP contribution < -0.4 is 5.73 Å². The van der Waals surface area contributed by atoms with Crippen molar-refractivity contribution in [3.05, 3.63) is 82.6 Å². The molecule has 0 aromatic heterocycles. The molecule has 3 heteroatoms. The molecule has 1 nitrogen and oxygen atoms in total. The third-order valence-corrected chi connectivity index (χ3v) is 5.70. The van der Waals surface area contributed by atoms with Crippen molar-refractivity contribution in [1.29, 1.82) is 0 Å². The van der Waals surface area contributed by atoms with Gasteiger partial charge >= 0.3 is 0 Å². The molecule has 0 bridgehead atoms. The first-order chi connectivity index (χ1) is 11.6. The molecule has 0 fully saturated rings. The van der Waals surface area contributed by atoms with E-state index in [1.54, 1.807) is 0 Å². The summed E-state index contributed by atoms with van der Waals surface area (Å²) >= 11 is 8.04. The Morgan fingerprint density at radius 3 is 2.96 bits per heavy atom. The minimum Gasteiger partial charge on any atom is -0.402 e. The molecule has 2 N–H and O–H groups in total. The van der Waals surface area contributed by atoms with E-state index in [1.165, 1.54) is 29.6 Å². The second-order valence-electron chi connectivity index (χ2n) is 6.19. The number of nitrogens with two attached hydrogens (primary N) is 1. The van der Waals surface area contributed by atoms with Crippen LogP contribution in [0.3, 0.4) is 0 Å². The number of hydrogen-bond donors (Lipinski definition) is 1. The van der Waals surface area contributed by atoms with Gasteiger partial charge in [0.05, 0.1) is 0 Å². The Morgan fingerprint density at radius 2 is 2.29 bits per heavy atom. The average molecular weight is 360 g/mol. The maximum Gasteiger partial charge on any atom is 0.0408 e. The zero-order chi connectivity index (χ0) is 17.4. The molecule has 0 saturated heterocycles. The maximum absolute atomic E-state index is 6.35. The highest BCUT2D eigenvalue weighted by Gasteiger charge is 2.11. The van der Waals surface area contributed by atoms with Crippen molar-refractivity contribution in [1.82, 2.24) is 0 Å². The van der Waals surface area contributed by atoms with Gasteiger partial charge in [-0.3, -0.25) is 0 Å². The monoisotopic (exact) mass is 359 g/mol. The number of benzene rings is 1. The van der Waals surface area contributed by atoms with Gasteiger partial charge in [-0.1, -0.05) is 53.6 Å². The average Bonchev–Trinajstić information content (AvgIpc) is 2.60. The number of allylic oxidation sites excluding steroid dienone is 5. The Morgan fingerprint density at radius 1 is 1.46 bits per heavy atom. The van der Waals surface area contributed by atoms with Crippen molar-refractivity contribution in [2.75, 3.05) is 11.5 Å². The van der Waals surface area contributed by atoms with E-state index in [0.29, 0.717) is 0 Å². The number of hydrogen-bond acceptors (Lipinski definition) is 2. The molecule has 128 valence electrons. The van der Waals surface area contributed by atoms with Gasteiger partial charge in [-0.25, -0.2) is 0 Å². The fourth-order valence-electron chi connectivity index (χ4n) is 2.69. The summed E-state index contributed by atoms with van der Waals surface area (Å²) in [4.78, 5) is 0. The van der Waals surface area contributed by atoms with Crippen molar-refractivity contribution >= 4 is 23.4 Å². The molecule has 0 spiro atoms. The largest absolute Gasteiger partial charge is 0.402 e. The van der Waals surface area contributed by atoms with Crippen molar-refractivity contribution < 1.29 is 0 Å². The Hall–Kier alpha value is -1.38. The first-order valence-corrected chi connectivity index (χ1v) is 9.88. The van der Waals surface area contributed by atoms with E-state index in [-0.39, 0.29) is 5.92 Å². The summed E-state index contributed by atoms with van der Waals surface area (Å²) in [6.45, 7) is 6.10. The Labute approximate surface area is 155 Å². The molecule has 1 unspecified atom stereocenters. The van der Waals surface area contributed by atoms with Crippen molar-refractivity contribution in [3.8, 4) is 0 Å². The third-order valence-electron chi connectivity index (χ3n) is 4.26. The van der Waals surface area contributed by atoms with Gasteiger partial charge < -0.3 is 5.73 Å². The molecular weight excluding hydrogens is 334 g/mol. The second kappa shape index (κ2) is 9.80. The highest BCUT2D eigenvalue weighted by atomic mass is 35.5. The predicted molar refractivity (Wildman–Crippen MR) is 110 cm³/mol. The highest BCUT2D eigenvalue weighted by Crippen LogP contribution is 2.27. The van der Waals surface area contributed by atoms with Crippen LogP contribution in [-0.2, 0) is 0 Å². The fraction of sp³-hybridized carbons (Fsp3) is 0.333. The molecule has 1 aromatic carbocycles. The molecule has 0 radical (unpaired) electrons. The normalized spacial score (nSPS) is 16.3. The molecule has 1 aliphatic carbocycles. The zero-order valence-corrected chi connectivity index (χ0v) is 15.9. The van der Waals surface area contributed by atoms with Crippen molar-refractivity contribution in [2.24, 2.45) is 5.73 Å². The molecule has 0 saturated carbocycles. The molecule has 0 aliphatic heterocycles. The lowest BCUT2D eigenvalue weighted by atomic mass is 9.93. The molecule has 0 amide bonds. The molecule has 1 aliphatic rings. The van der Waals surface area contributed by atoms with Gasteiger partial charge in [0, 0.05) is 28.1 Å². The Balaban J connectivity index is 1.91. The zero-order valence-electron chi connectivity index (χ0n) is 14.3. The third kappa shape index (κ3) is 5.92. The van der Waals surface area contributed by atoms with E-state index in [1.807, 2.05) is 36.0 Å². The molecule has 2 rings (SSSR count). The predicted octanol–water partition coefficient (Wildman–Crippen LogP) is 6.24. The van der Waals surface area contributed by atoms with Crippen LogP contribution in [0.1, 0.15) is 37.7 Å². The van der Waals surface area contributed by atoms with Crippen LogP contribution in [0.2, 0.25) is 5.02 Å². The lowest BCUT2D eigenvalue weighted by molar-refractivity contribution is 0.808. The van der Waals surface area contributed by atoms with Crippen LogP contribution in [-0.4, -0.2) is 11.5 Å². The highest BCUT2D eigenvalue weighted by molar-refractivity contribution is 7.99. The van der Waals surface area contributed by atoms with Gasteiger partial charge in [0.15, 0.2) is 0 Å². The van der Waals surface area contributed by atoms with E-state index in [4.69, 9.17) is 17.3 Å². The standard InChI is InChI=1S/C21H26ClNS/c1-3-18(19-10-7-11-20(22)12-19)13-21(23)16(2)14-24-15-17-8-5-4-6-9-17/h3-5,7-8,10-12,18H,1,6,9,13-15,23H2,2H3/b21-16-. The molecule has 24 heavy (non-hydrogen) atoms. The smallest absolute Gasteiger partial charge is 0.0408 e. The van der Waals surface area contributed by atoms with Crippen LogP contribution in [0.5, 0.6) is 0 Å². The number of rotatable bonds is 8. The lowest BCUT2D eigenvalue weighted by Gasteiger charge is -2.16. The summed E-state index contributed by atoms with van der Waals surface area (Å²) in [6, 6.07) is 7.94. The molecule has 0 heterocycles. The van der Waals surface area contributed by atoms with E-state index in [2.05, 4.69) is 37.8 Å².